The van der Waals surface area contributed by atoms with E-state index in [2.05, 4.69) is 21.9 Å². The van der Waals surface area contributed by atoms with Crippen molar-refractivity contribution in [3.05, 3.63) is 29.8 Å². The van der Waals surface area contributed by atoms with E-state index in [1.165, 1.54) is 7.11 Å². The predicted molar refractivity (Wildman–Crippen MR) is 112 cm³/mol. The lowest BCUT2D eigenvalue weighted by molar-refractivity contribution is -0.140. The third-order valence-electron chi connectivity index (χ3n) is 3.66. The lowest BCUT2D eigenvalue weighted by atomic mass is 10.1. The van der Waals surface area contributed by atoms with Crippen LogP contribution in [-0.2, 0) is 19.1 Å². The zero-order valence-electron chi connectivity index (χ0n) is 17.9. The van der Waals surface area contributed by atoms with E-state index < -0.39 is 23.6 Å². The molecule has 164 valence electrons. The minimum absolute atomic E-state index is 0.107. The van der Waals surface area contributed by atoms with Crippen molar-refractivity contribution in [2.24, 2.45) is 5.73 Å². The number of amides is 2. The van der Waals surface area contributed by atoms with E-state index in [4.69, 9.17) is 15.2 Å². The number of primary amides is 1. The standard InChI is InChI=1S/C22H30N2O6/c1-22(2,3)30-21(27)24-17(12-13-19(23)25)15-29-18-10-7-9-16(14-18)8-5-6-11-20(26)28-4/h7,9-10,14,17H,6,11-13,15H2,1-4H3,(H2,23,25)(H,24,27)/t17-/m0/s1. The predicted octanol–water partition coefficient (Wildman–Crippen LogP) is 2.53. The third kappa shape index (κ3) is 11.6. The van der Waals surface area contributed by atoms with Gasteiger partial charge < -0.3 is 25.3 Å². The number of hydrogen-bond donors (Lipinski definition) is 2. The molecule has 0 spiro atoms. The molecule has 0 heterocycles. The molecule has 1 aromatic carbocycles. The quantitative estimate of drug-likeness (QED) is 0.470. The Balaban J connectivity index is 2.68. The smallest absolute Gasteiger partial charge is 0.407 e. The molecule has 3 N–H and O–H groups in total. The molecule has 1 rings (SSSR count). The summed E-state index contributed by atoms with van der Waals surface area (Å²) in [6.45, 7) is 5.42. The lowest BCUT2D eigenvalue weighted by Gasteiger charge is -2.23. The zero-order valence-corrected chi connectivity index (χ0v) is 17.9. The molecule has 0 bridgehead atoms. The van der Waals surface area contributed by atoms with E-state index in [1.54, 1.807) is 39.0 Å². The monoisotopic (exact) mass is 418 g/mol. The fourth-order valence-electron chi connectivity index (χ4n) is 2.28. The maximum Gasteiger partial charge on any atom is 0.407 e. The number of nitrogens with one attached hydrogen (secondary N) is 1. The van der Waals surface area contributed by atoms with Crippen LogP contribution in [-0.4, -0.2) is 43.3 Å². The topological polar surface area (TPSA) is 117 Å². The number of hydrogen-bond acceptors (Lipinski definition) is 6. The normalized spacial score (nSPS) is 11.5. The molecular formula is C22H30N2O6. The van der Waals surface area contributed by atoms with Crippen LogP contribution in [0.5, 0.6) is 5.75 Å². The molecule has 1 atom stereocenters. The van der Waals surface area contributed by atoms with Crippen LogP contribution in [0.3, 0.4) is 0 Å². The molecule has 0 aliphatic rings. The molecule has 0 saturated heterocycles. The maximum absolute atomic E-state index is 12.0. The summed E-state index contributed by atoms with van der Waals surface area (Å²) < 4.78 is 15.6. The Morgan fingerprint density at radius 2 is 1.93 bits per heavy atom. The van der Waals surface area contributed by atoms with Gasteiger partial charge in [0.25, 0.3) is 0 Å². The van der Waals surface area contributed by atoms with E-state index in [-0.39, 0.29) is 25.4 Å². The van der Waals surface area contributed by atoms with Crippen LogP contribution in [0.1, 0.15) is 52.0 Å². The summed E-state index contributed by atoms with van der Waals surface area (Å²) in [6, 6.07) is 6.67. The van der Waals surface area contributed by atoms with Crippen molar-refractivity contribution < 1.29 is 28.6 Å². The van der Waals surface area contributed by atoms with Gasteiger partial charge in [0, 0.05) is 18.4 Å². The highest BCUT2D eigenvalue weighted by Crippen LogP contribution is 2.14. The second-order valence-electron chi connectivity index (χ2n) is 7.56. The average molecular weight is 418 g/mol. The first kappa shape index (κ1) is 24.8. The first-order chi connectivity index (χ1) is 14.1. The Labute approximate surface area is 177 Å². The first-order valence-corrected chi connectivity index (χ1v) is 9.65. The van der Waals surface area contributed by atoms with Gasteiger partial charge in [-0.1, -0.05) is 17.9 Å². The van der Waals surface area contributed by atoms with E-state index in [1.807, 2.05) is 6.07 Å². The molecule has 1 aromatic rings. The van der Waals surface area contributed by atoms with E-state index in [9.17, 15) is 14.4 Å². The molecule has 8 nitrogen and oxygen atoms in total. The Kier molecular flexibility index (Phi) is 10.2. The van der Waals surface area contributed by atoms with Gasteiger partial charge in [-0.25, -0.2) is 4.79 Å². The average Bonchev–Trinajstić information content (AvgIpc) is 2.66. The van der Waals surface area contributed by atoms with Crippen molar-refractivity contribution >= 4 is 18.0 Å². The minimum atomic E-state index is -0.639. The van der Waals surface area contributed by atoms with Crippen molar-refractivity contribution in [3.63, 3.8) is 0 Å². The SMILES string of the molecule is COC(=O)CCC#Cc1cccc(OC[C@H](CCC(N)=O)NC(=O)OC(C)(C)C)c1. The number of methoxy groups -OCH3 is 1. The van der Waals surface area contributed by atoms with Gasteiger partial charge in [-0.05, 0) is 45.4 Å². The highest BCUT2D eigenvalue weighted by atomic mass is 16.6. The Morgan fingerprint density at radius 1 is 1.20 bits per heavy atom. The Bertz CT molecular complexity index is 789. The van der Waals surface area contributed by atoms with Gasteiger partial charge in [0.05, 0.1) is 19.6 Å². The van der Waals surface area contributed by atoms with Crippen molar-refractivity contribution in [3.8, 4) is 17.6 Å². The number of carbonyl (C=O) groups is 3. The van der Waals surface area contributed by atoms with Crippen LogP contribution in [0.25, 0.3) is 0 Å². The molecule has 0 unspecified atom stereocenters. The summed E-state index contributed by atoms with van der Waals surface area (Å²) in [4.78, 5) is 34.3. The molecule has 0 fully saturated rings. The van der Waals surface area contributed by atoms with Gasteiger partial charge in [-0.15, -0.1) is 0 Å². The van der Waals surface area contributed by atoms with Crippen LogP contribution >= 0.6 is 0 Å². The van der Waals surface area contributed by atoms with Crippen molar-refractivity contribution in [1.82, 2.24) is 5.32 Å². The summed E-state index contributed by atoms with van der Waals surface area (Å²) in [5, 5.41) is 2.71. The summed E-state index contributed by atoms with van der Waals surface area (Å²) in [7, 11) is 1.34. The molecule has 0 saturated carbocycles. The van der Waals surface area contributed by atoms with Crippen molar-refractivity contribution in [2.45, 2.75) is 58.1 Å². The highest BCUT2D eigenvalue weighted by molar-refractivity contribution is 5.74. The summed E-state index contributed by atoms with van der Waals surface area (Å²) in [5.41, 5.74) is 5.31. The van der Waals surface area contributed by atoms with Crippen LogP contribution in [0.2, 0.25) is 0 Å². The number of benzene rings is 1. The molecule has 30 heavy (non-hydrogen) atoms. The number of nitrogens with two attached hydrogens (primary N) is 1. The highest BCUT2D eigenvalue weighted by Gasteiger charge is 2.20. The van der Waals surface area contributed by atoms with Gasteiger partial charge in [0.2, 0.25) is 5.91 Å². The molecular weight excluding hydrogens is 388 g/mol. The molecule has 0 aliphatic carbocycles. The van der Waals surface area contributed by atoms with Crippen molar-refractivity contribution in [2.75, 3.05) is 13.7 Å². The molecule has 8 heteroatoms. The first-order valence-electron chi connectivity index (χ1n) is 9.65. The van der Waals surface area contributed by atoms with Gasteiger partial charge in [0.1, 0.15) is 18.0 Å². The third-order valence-corrected chi connectivity index (χ3v) is 3.66. The number of esters is 1. The second-order valence-corrected chi connectivity index (χ2v) is 7.56. The fraction of sp³-hybridized carbons (Fsp3) is 0.500. The van der Waals surface area contributed by atoms with Gasteiger partial charge >= 0.3 is 12.1 Å². The van der Waals surface area contributed by atoms with E-state index in [0.717, 1.165) is 5.56 Å². The Hall–Kier alpha value is -3.21. The summed E-state index contributed by atoms with van der Waals surface area (Å²) >= 11 is 0. The fourth-order valence-corrected chi connectivity index (χ4v) is 2.28. The lowest BCUT2D eigenvalue weighted by Crippen LogP contribution is -2.42. The van der Waals surface area contributed by atoms with E-state index in [0.29, 0.717) is 18.6 Å². The van der Waals surface area contributed by atoms with E-state index >= 15 is 0 Å². The van der Waals surface area contributed by atoms with Gasteiger partial charge in [-0.3, -0.25) is 9.59 Å². The maximum atomic E-state index is 12.0. The number of alkyl carbamates (subject to hydrolysis) is 1. The molecule has 0 radical (unpaired) electrons. The summed E-state index contributed by atoms with van der Waals surface area (Å²) in [5.74, 6) is 5.66. The second kappa shape index (κ2) is 12.4. The van der Waals surface area contributed by atoms with Crippen LogP contribution in [0.4, 0.5) is 4.79 Å². The number of rotatable bonds is 9. The van der Waals surface area contributed by atoms with Crippen LogP contribution < -0.4 is 15.8 Å². The zero-order chi connectivity index (χ0) is 22.6. The van der Waals surface area contributed by atoms with Gasteiger partial charge in [-0.2, -0.15) is 0 Å². The largest absolute Gasteiger partial charge is 0.491 e. The molecule has 2 amide bonds. The van der Waals surface area contributed by atoms with Gasteiger partial charge in [0.15, 0.2) is 0 Å². The Morgan fingerprint density at radius 3 is 2.57 bits per heavy atom. The molecule has 0 aliphatic heterocycles. The minimum Gasteiger partial charge on any atom is -0.491 e. The van der Waals surface area contributed by atoms with Crippen LogP contribution in [0.15, 0.2) is 24.3 Å². The summed E-state index contributed by atoms with van der Waals surface area (Å²) in [6.07, 6.45) is 0.465. The van der Waals surface area contributed by atoms with Crippen molar-refractivity contribution in [1.29, 1.82) is 0 Å². The van der Waals surface area contributed by atoms with Crippen LogP contribution in [0, 0.1) is 11.8 Å². The molecule has 0 aromatic heterocycles. The number of carbonyl (C=O) groups excluding carboxylic acids is 3. The number of ether oxygens (including phenoxy) is 3.